The summed E-state index contributed by atoms with van der Waals surface area (Å²) in [5.74, 6) is 0.0592. The fraction of sp³-hybridized carbons (Fsp3) is 0.556. The van der Waals surface area contributed by atoms with E-state index in [0.717, 1.165) is 5.56 Å². The number of carbonyl (C=O) groups excluding carboxylic acids is 1. The predicted molar refractivity (Wildman–Crippen MR) is 92.9 cm³/mol. The van der Waals surface area contributed by atoms with Crippen LogP contribution in [0.25, 0.3) is 0 Å². The fourth-order valence-corrected chi connectivity index (χ4v) is 2.02. The molecule has 0 bridgehead atoms. The van der Waals surface area contributed by atoms with Crippen molar-refractivity contribution in [3.63, 3.8) is 0 Å². The molecule has 0 aliphatic rings. The second kappa shape index (κ2) is 9.88. The highest BCUT2D eigenvalue weighted by Gasteiger charge is 2.16. The van der Waals surface area contributed by atoms with E-state index in [4.69, 9.17) is 19.3 Å². The maximum atomic E-state index is 11.7. The minimum absolute atomic E-state index is 0.0518. The first-order valence-electron chi connectivity index (χ1n) is 8.15. The van der Waals surface area contributed by atoms with Gasteiger partial charge in [0.15, 0.2) is 0 Å². The lowest BCUT2D eigenvalue weighted by Crippen LogP contribution is -2.31. The van der Waals surface area contributed by atoms with Gasteiger partial charge in [-0.1, -0.05) is 6.07 Å². The van der Waals surface area contributed by atoms with Crippen LogP contribution in [0.3, 0.4) is 0 Å². The molecule has 0 fully saturated rings. The lowest BCUT2D eigenvalue weighted by molar-refractivity contribution is -0.153. The van der Waals surface area contributed by atoms with Crippen molar-refractivity contribution in [3.05, 3.63) is 23.8 Å². The maximum absolute atomic E-state index is 11.7. The van der Waals surface area contributed by atoms with Crippen molar-refractivity contribution in [1.29, 1.82) is 0 Å². The highest BCUT2D eigenvalue weighted by molar-refractivity contribution is 5.72. The Morgan fingerprint density at radius 3 is 2.56 bits per heavy atom. The molecule has 0 heterocycles. The van der Waals surface area contributed by atoms with E-state index in [1.54, 1.807) is 19.2 Å². The molecule has 140 valence electrons. The molecule has 0 amide bonds. The number of aliphatic carboxylic acids is 1. The summed E-state index contributed by atoms with van der Waals surface area (Å²) < 4.78 is 16.1. The molecule has 1 aromatic rings. The van der Waals surface area contributed by atoms with Gasteiger partial charge in [-0.2, -0.15) is 0 Å². The van der Waals surface area contributed by atoms with Crippen LogP contribution in [-0.4, -0.2) is 42.9 Å². The molecule has 0 atom stereocenters. The average molecular weight is 353 g/mol. The second-order valence-electron chi connectivity index (χ2n) is 6.51. The van der Waals surface area contributed by atoms with Crippen LogP contribution in [0.1, 0.15) is 39.2 Å². The molecule has 1 rings (SSSR count). The number of hydrogen-bond donors (Lipinski definition) is 2. The summed E-state index contributed by atoms with van der Waals surface area (Å²) in [5.41, 5.74) is 0.330. The van der Waals surface area contributed by atoms with Crippen molar-refractivity contribution in [3.8, 4) is 11.5 Å². The molecule has 0 aliphatic heterocycles. The summed E-state index contributed by atoms with van der Waals surface area (Å²) >= 11 is 0. The summed E-state index contributed by atoms with van der Waals surface area (Å²) in [6.07, 6.45) is 0.466. The minimum atomic E-state index is -0.853. The number of methoxy groups -OCH3 is 1. The SMILES string of the molecule is COc1ccc(CNCC(=O)OC(C)(C)C)c(OCCCC(=O)O)c1. The number of carboxylic acid groups (broad SMARTS) is 1. The normalized spacial score (nSPS) is 11.0. The lowest BCUT2D eigenvalue weighted by atomic mass is 10.2. The van der Waals surface area contributed by atoms with Gasteiger partial charge in [0.05, 0.1) is 20.3 Å². The number of carboxylic acids is 1. The lowest BCUT2D eigenvalue weighted by Gasteiger charge is -2.19. The Hall–Kier alpha value is -2.28. The first-order chi connectivity index (χ1) is 11.7. The molecular weight excluding hydrogens is 326 g/mol. The van der Waals surface area contributed by atoms with Gasteiger partial charge in [0.2, 0.25) is 0 Å². The molecule has 0 radical (unpaired) electrons. The highest BCUT2D eigenvalue weighted by atomic mass is 16.6. The van der Waals surface area contributed by atoms with E-state index in [9.17, 15) is 9.59 Å². The zero-order chi connectivity index (χ0) is 18.9. The summed E-state index contributed by atoms with van der Waals surface area (Å²) in [5, 5.41) is 11.7. The van der Waals surface area contributed by atoms with E-state index < -0.39 is 11.6 Å². The van der Waals surface area contributed by atoms with E-state index in [1.807, 2.05) is 26.8 Å². The van der Waals surface area contributed by atoms with Crippen LogP contribution < -0.4 is 14.8 Å². The van der Waals surface area contributed by atoms with Gasteiger partial charge >= 0.3 is 11.9 Å². The average Bonchev–Trinajstić information content (AvgIpc) is 2.50. The van der Waals surface area contributed by atoms with Crippen LogP contribution in [0.2, 0.25) is 0 Å². The standard InChI is InChI=1S/C18H27NO6/c1-18(2,3)25-17(22)12-19-11-13-7-8-14(23-4)10-15(13)24-9-5-6-16(20)21/h7-8,10,19H,5-6,9,11-12H2,1-4H3,(H,20,21). The third kappa shape index (κ3) is 8.95. The van der Waals surface area contributed by atoms with Crippen LogP contribution in [0.4, 0.5) is 0 Å². The van der Waals surface area contributed by atoms with Crippen LogP contribution in [0.15, 0.2) is 18.2 Å². The topological polar surface area (TPSA) is 94.1 Å². The number of carbonyl (C=O) groups is 2. The number of rotatable bonds is 10. The Kier molecular flexibility index (Phi) is 8.21. The molecule has 0 aromatic heterocycles. The summed E-state index contributed by atoms with van der Waals surface area (Å²) in [7, 11) is 1.56. The quantitative estimate of drug-likeness (QED) is 0.492. The van der Waals surface area contributed by atoms with Gasteiger partial charge in [-0.05, 0) is 33.3 Å². The third-order valence-corrected chi connectivity index (χ3v) is 3.07. The van der Waals surface area contributed by atoms with E-state index in [0.29, 0.717) is 31.1 Å². The summed E-state index contributed by atoms with van der Waals surface area (Å²) in [6.45, 7) is 6.24. The molecule has 2 N–H and O–H groups in total. The van der Waals surface area contributed by atoms with Gasteiger partial charge in [-0.25, -0.2) is 0 Å². The molecule has 0 saturated heterocycles. The molecular formula is C18H27NO6. The Labute approximate surface area is 148 Å². The van der Waals surface area contributed by atoms with Gasteiger partial charge in [-0.3, -0.25) is 9.59 Å². The summed E-state index contributed by atoms with van der Waals surface area (Å²) in [4.78, 5) is 22.3. The minimum Gasteiger partial charge on any atom is -0.497 e. The van der Waals surface area contributed by atoms with Crippen LogP contribution >= 0.6 is 0 Å². The predicted octanol–water partition coefficient (Wildman–Crippen LogP) is 2.37. The second-order valence-corrected chi connectivity index (χ2v) is 6.51. The highest BCUT2D eigenvalue weighted by Crippen LogP contribution is 2.25. The number of benzene rings is 1. The maximum Gasteiger partial charge on any atom is 0.320 e. The van der Waals surface area contributed by atoms with Crippen LogP contribution in [0, 0.1) is 0 Å². The number of esters is 1. The van der Waals surface area contributed by atoms with Gasteiger partial charge < -0.3 is 24.6 Å². The largest absolute Gasteiger partial charge is 0.497 e. The Morgan fingerprint density at radius 1 is 1.24 bits per heavy atom. The van der Waals surface area contributed by atoms with Crippen molar-refractivity contribution in [1.82, 2.24) is 5.32 Å². The first-order valence-corrected chi connectivity index (χ1v) is 8.15. The van der Waals surface area contributed by atoms with Crippen molar-refractivity contribution in [2.75, 3.05) is 20.3 Å². The van der Waals surface area contributed by atoms with E-state index in [1.165, 1.54) is 0 Å². The molecule has 0 saturated carbocycles. The number of nitrogens with one attached hydrogen (secondary N) is 1. The van der Waals surface area contributed by atoms with Crippen molar-refractivity contribution in [2.24, 2.45) is 0 Å². The molecule has 7 heteroatoms. The Morgan fingerprint density at radius 2 is 1.96 bits per heavy atom. The molecule has 0 aliphatic carbocycles. The Bertz CT molecular complexity index is 579. The first kappa shape index (κ1) is 20.8. The van der Waals surface area contributed by atoms with Crippen molar-refractivity contribution < 1.29 is 28.9 Å². The van der Waals surface area contributed by atoms with Crippen molar-refractivity contribution >= 4 is 11.9 Å². The number of hydrogen-bond acceptors (Lipinski definition) is 6. The van der Waals surface area contributed by atoms with E-state index in [-0.39, 0.29) is 18.9 Å². The van der Waals surface area contributed by atoms with Gasteiger partial charge in [0.25, 0.3) is 0 Å². The number of ether oxygens (including phenoxy) is 3. The summed E-state index contributed by atoms with van der Waals surface area (Å²) in [6, 6.07) is 5.38. The molecule has 0 spiro atoms. The van der Waals surface area contributed by atoms with Gasteiger partial charge in [-0.15, -0.1) is 0 Å². The van der Waals surface area contributed by atoms with Gasteiger partial charge in [0, 0.05) is 24.6 Å². The fourth-order valence-electron chi connectivity index (χ4n) is 2.02. The molecule has 0 unspecified atom stereocenters. The van der Waals surface area contributed by atoms with Gasteiger partial charge in [0.1, 0.15) is 17.1 Å². The monoisotopic (exact) mass is 353 g/mol. The Balaban J connectivity index is 2.59. The van der Waals surface area contributed by atoms with E-state index >= 15 is 0 Å². The zero-order valence-corrected chi connectivity index (χ0v) is 15.3. The molecule has 25 heavy (non-hydrogen) atoms. The molecule has 7 nitrogen and oxygen atoms in total. The van der Waals surface area contributed by atoms with Crippen LogP contribution in [0.5, 0.6) is 11.5 Å². The van der Waals surface area contributed by atoms with E-state index in [2.05, 4.69) is 5.32 Å². The smallest absolute Gasteiger partial charge is 0.320 e. The third-order valence-electron chi connectivity index (χ3n) is 3.07. The zero-order valence-electron chi connectivity index (χ0n) is 15.3. The van der Waals surface area contributed by atoms with Crippen molar-refractivity contribution in [2.45, 2.75) is 45.8 Å². The molecule has 1 aromatic carbocycles. The van der Waals surface area contributed by atoms with Crippen LogP contribution in [-0.2, 0) is 20.9 Å².